The van der Waals surface area contributed by atoms with Crippen molar-refractivity contribution >= 4 is 45.0 Å². The maximum absolute atomic E-state index is 12.7. The van der Waals surface area contributed by atoms with Crippen molar-refractivity contribution in [3.8, 4) is 0 Å². The molecule has 3 rings (SSSR count). The summed E-state index contributed by atoms with van der Waals surface area (Å²) in [6.07, 6.45) is 1.32. The fourth-order valence-corrected chi connectivity index (χ4v) is 3.67. The van der Waals surface area contributed by atoms with Crippen LogP contribution in [0.5, 0.6) is 0 Å². The van der Waals surface area contributed by atoms with Crippen molar-refractivity contribution in [1.29, 1.82) is 0 Å². The summed E-state index contributed by atoms with van der Waals surface area (Å²) in [5.74, 6) is 0.00996. The van der Waals surface area contributed by atoms with E-state index in [0.717, 1.165) is 29.7 Å². The minimum atomic E-state index is -0.00145. The van der Waals surface area contributed by atoms with Crippen LogP contribution in [0.3, 0.4) is 0 Å². The number of hydrogen-bond donors (Lipinski definition) is 1. The smallest absolute Gasteiger partial charge is 0.253 e. The number of nitrogens with one attached hydrogen (secondary N) is 1. The van der Waals surface area contributed by atoms with E-state index in [0.29, 0.717) is 36.6 Å². The summed E-state index contributed by atoms with van der Waals surface area (Å²) in [6, 6.07) is 14.6. The first-order valence-electron chi connectivity index (χ1n) is 9.34. The van der Waals surface area contributed by atoms with Crippen molar-refractivity contribution in [1.82, 2.24) is 9.80 Å². The number of carbonyl (C=O) groups excluding carboxylic acids is 2. The highest BCUT2D eigenvalue weighted by atomic mass is 79.9. The molecule has 1 aliphatic rings. The lowest BCUT2D eigenvalue weighted by Crippen LogP contribution is -2.36. The predicted molar refractivity (Wildman–Crippen MR) is 116 cm³/mol. The van der Waals surface area contributed by atoms with Crippen molar-refractivity contribution in [3.05, 3.63) is 63.6 Å². The third-order valence-electron chi connectivity index (χ3n) is 4.73. The molecule has 7 heteroatoms. The first kappa shape index (κ1) is 20.8. The van der Waals surface area contributed by atoms with Crippen molar-refractivity contribution < 1.29 is 9.59 Å². The molecule has 0 spiro atoms. The maximum Gasteiger partial charge on any atom is 0.253 e. The highest BCUT2D eigenvalue weighted by Crippen LogP contribution is 2.16. The first-order valence-corrected chi connectivity index (χ1v) is 10.5. The number of benzene rings is 2. The Morgan fingerprint density at radius 1 is 1.04 bits per heavy atom. The van der Waals surface area contributed by atoms with E-state index in [4.69, 9.17) is 11.6 Å². The monoisotopic (exact) mass is 463 g/mol. The zero-order valence-corrected chi connectivity index (χ0v) is 17.9. The number of hydrogen-bond acceptors (Lipinski definition) is 3. The van der Waals surface area contributed by atoms with Crippen LogP contribution in [0.2, 0.25) is 5.02 Å². The summed E-state index contributed by atoms with van der Waals surface area (Å²) >= 11 is 9.38. The second-order valence-electron chi connectivity index (χ2n) is 6.80. The van der Waals surface area contributed by atoms with Gasteiger partial charge in [-0.25, -0.2) is 0 Å². The standard InChI is InChI=1S/C21H23BrClN3O2/c22-17-5-7-19(8-6-17)24-20(27)9-12-25-10-2-11-26(14-13-25)21(28)16-3-1-4-18(23)15-16/h1,3-8,15H,2,9-14H2,(H,24,27). The van der Waals surface area contributed by atoms with Gasteiger partial charge in [-0.05, 0) is 55.4 Å². The fraction of sp³-hybridized carbons (Fsp3) is 0.333. The molecule has 2 aromatic carbocycles. The Morgan fingerprint density at radius 2 is 1.82 bits per heavy atom. The SMILES string of the molecule is O=C(CCN1CCCN(C(=O)c2cccc(Cl)c2)CC1)Nc1ccc(Br)cc1. The lowest BCUT2D eigenvalue weighted by atomic mass is 10.2. The Kier molecular flexibility index (Phi) is 7.48. The molecule has 1 N–H and O–H groups in total. The zero-order chi connectivity index (χ0) is 19.9. The Hall–Kier alpha value is -1.89. The van der Waals surface area contributed by atoms with E-state index in [-0.39, 0.29) is 11.8 Å². The van der Waals surface area contributed by atoms with Crippen LogP contribution in [0.25, 0.3) is 0 Å². The van der Waals surface area contributed by atoms with Crippen LogP contribution in [0, 0.1) is 0 Å². The quantitative estimate of drug-likeness (QED) is 0.718. The van der Waals surface area contributed by atoms with Crippen LogP contribution < -0.4 is 5.32 Å². The molecule has 2 amide bonds. The van der Waals surface area contributed by atoms with Gasteiger partial charge in [-0.15, -0.1) is 0 Å². The van der Waals surface area contributed by atoms with Crippen LogP contribution in [-0.2, 0) is 4.79 Å². The lowest BCUT2D eigenvalue weighted by Gasteiger charge is -2.22. The average molecular weight is 465 g/mol. The molecule has 0 aliphatic carbocycles. The van der Waals surface area contributed by atoms with Gasteiger partial charge in [-0.3, -0.25) is 9.59 Å². The second-order valence-corrected chi connectivity index (χ2v) is 8.15. The van der Waals surface area contributed by atoms with Crippen LogP contribution in [-0.4, -0.2) is 54.3 Å². The van der Waals surface area contributed by atoms with Crippen LogP contribution in [0.4, 0.5) is 5.69 Å². The second kappa shape index (κ2) is 10.0. The summed E-state index contributed by atoms with van der Waals surface area (Å²) in [5.41, 5.74) is 1.41. The number of carbonyl (C=O) groups is 2. The van der Waals surface area contributed by atoms with Gasteiger partial charge >= 0.3 is 0 Å². The molecule has 1 saturated heterocycles. The van der Waals surface area contributed by atoms with Gasteiger partial charge in [0.15, 0.2) is 0 Å². The molecule has 1 heterocycles. The number of halogens is 2. The normalized spacial score (nSPS) is 15.1. The molecule has 5 nitrogen and oxygen atoms in total. The Balaban J connectivity index is 1.46. The lowest BCUT2D eigenvalue weighted by molar-refractivity contribution is -0.116. The number of anilines is 1. The largest absolute Gasteiger partial charge is 0.337 e. The third kappa shape index (κ3) is 6.06. The van der Waals surface area contributed by atoms with E-state index < -0.39 is 0 Å². The molecule has 28 heavy (non-hydrogen) atoms. The summed E-state index contributed by atoms with van der Waals surface area (Å²) < 4.78 is 0.979. The van der Waals surface area contributed by atoms with Gasteiger partial charge in [-0.1, -0.05) is 33.6 Å². The van der Waals surface area contributed by atoms with Gasteiger partial charge in [-0.2, -0.15) is 0 Å². The molecule has 148 valence electrons. The molecule has 2 aromatic rings. The van der Waals surface area contributed by atoms with Gasteiger partial charge in [0.2, 0.25) is 5.91 Å². The number of nitrogens with zero attached hydrogens (tertiary/aromatic N) is 2. The maximum atomic E-state index is 12.7. The minimum absolute atomic E-state index is 0.00145. The van der Waals surface area contributed by atoms with Gasteiger partial charge in [0.1, 0.15) is 0 Å². The average Bonchev–Trinajstić information content (AvgIpc) is 2.93. The first-order chi connectivity index (χ1) is 13.5. The Bertz CT molecular complexity index is 829. The van der Waals surface area contributed by atoms with Crippen LogP contribution in [0.15, 0.2) is 53.0 Å². The van der Waals surface area contributed by atoms with Gasteiger partial charge in [0, 0.05) is 53.3 Å². The van der Waals surface area contributed by atoms with E-state index in [1.165, 1.54) is 0 Å². The molecule has 0 radical (unpaired) electrons. The molecule has 0 atom stereocenters. The molecular weight excluding hydrogens is 442 g/mol. The van der Waals surface area contributed by atoms with Crippen LogP contribution in [0.1, 0.15) is 23.2 Å². The third-order valence-corrected chi connectivity index (χ3v) is 5.49. The zero-order valence-electron chi connectivity index (χ0n) is 15.5. The Morgan fingerprint density at radius 3 is 2.57 bits per heavy atom. The summed E-state index contributed by atoms with van der Waals surface area (Å²) in [4.78, 5) is 29.0. The summed E-state index contributed by atoms with van der Waals surface area (Å²) in [7, 11) is 0. The van der Waals surface area contributed by atoms with E-state index in [2.05, 4.69) is 26.1 Å². The van der Waals surface area contributed by atoms with Gasteiger partial charge < -0.3 is 15.1 Å². The van der Waals surface area contributed by atoms with E-state index >= 15 is 0 Å². The molecule has 1 aliphatic heterocycles. The van der Waals surface area contributed by atoms with Crippen molar-refractivity contribution in [2.45, 2.75) is 12.8 Å². The molecule has 0 unspecified atom stereocenters. The number of rotatable bonds is 5. The molecule has 0 aromatic heterocycles. The van der Waals surface area contributed by atoms with Crippen molar-refractivity contribution in [2.75, 3.05) is 38.0 Å². The van der Waals surface area contributed by atoms with E-state index in [9.17, 15) is 9.59 Å². The molecule has 0 saturated carbocycles. The van der Waals surface area contributed by atoms with Crippen molar-refractivity contribution in [3.63, 3.8) is 0 Å². The van der Waals surface area contributed by atoms with Crippen LogP contribution >= 0.6 is 27.5 Å². The predicted octanol–water partition coefficient (Wildman–Crippen LogP) is 4.28. The Labute approximate surface area is 178 Å². The number of amides is 2. The minimum Gasteiger partial charge on any atom is -0.337 e. The molecular formula is C21H23BrClN3O2. The highest BCUT2D eigenvalue weighted by Gasteiger charge is 2.20. The van der Waals surface area contributed by atoms with Gasteiger partial charge in [0.05, 0.1) is 0 Å². The van der Waals surface area contributed by atoms with E-state index in [1.807, 2.05) is 29.2 Å². The topological polar surface area (TPSA) is 52.7 Å². The fourth-order valence-electron chi connectivity index (χ4n) is 3.22. The van der Waals surface area contributed by atoms with Crippen molar-refractivity contribution in [2.24, 2.45) is 0 Å². The molecule has 0 bridgehead atoms. The highest BCUT2D eigenvalue weighted by molar-refractivity contribution is 9.10. The van der Waals surface area contributed by atoms with E-state index in [1.54, 1.807) is 24.3 Å². The summed E-state index contributed by atoms with van der Waals surface area (Å²) in [6.45, 7) is 3.69. The molecule has 1 fully saturated rings. The summed E-state index contributed by atoms with van der Waals surface area (Å²) in [5, 5.41) is 3.48. The van der Waals surface area contributed by atoms with Gasteiger partial charge in [0.25, 0.3) is 5.91 Å².